The summed E-state index contributed by atoms with van der Waals surface area (Å²) >= 11 is 0. The predicted molar refractivity (Wildman–Crippen MR) is 43.5 cm³/mol. The van der Waals surface area contributed by atoms with Gasteiger partial charge in [-0.05, 0) is 0 Å². The lowest BCUT2D eigenvalue weighted by molar-refractivity contribution is -0.171. The zero-order valence-electron chi connectivity index (χ0n) is 7.23. The summed E-state index contributed by atoms with van der Waals surface area (Å²) in [5.74, 6) is -0.835. The van der Waals surface area contributed by atoms with E-state index >= 15 is 0 Å². The Morgan fingerprint density at radius 2 is 2.23 bits per heavy atom. The minimum absolute atomic E-state index is 0.0310. The molecule has 2 fully saturated rings. The summed E-state index contributed by atoms with van der Waals surface area (Å²) in [5.41, 5.74) is 0. The van der Waals surface area contributed by atoms with Crippen LogP contribution in [-0.4, -0.2) is 49.1 Å². The number of ether oxygens (including phenoxy) is 2. The van der Waals surface area contributed by atoms with Crippen molar-refractivity contribution < 1.29 is 19.4 Å². The number of aliphatic carboxylic acids is 1. The average molecular weight is 187 g/mol. The molecule has 0 aromatic carbocycles. The number of carboxylic acids is 1. The molecule has 2 saturated heterocycles. The Kier molecular flexibility index (Phi) is 2.48. The summed E-state index contributed by atoms with van der Waals surface area (Å²) in [4.78, 5) is 10.4. The van der Waals surface area contributed by atoms with Crippen LogP contribution in [0.15, 0.2) is 0 Å². The van der Waals surface area contributed by atoms with E-state index in [1.54, 1.807) is 0 Å². The third-order valence-corrected chi connectivity index (χ3v) is 2.37. The average Bonchev–Trinajstić information content (AvgIpc) is 2.49. The lowest BCUT2D eigenvalue weighted by atomic mass is 10.2. The molecule has 0 aromatic heterocycles. The highest BCUT2D eigenvalue weighted by atomic mass is 16.6. The summed E-state index contributed by atoms with van der Waals surface area (Å²) in [5, 5.41) is 11.7. The van der Waals surface area contributed by atoms with E-state index in [1.165, 1.54) is 0 Å². The number of hydrogen-bond acceptors (Lipinski definition) is 4. The monoisotopic (exact) mass is 187 g/mol. The standard InChI is InChI=1S/C8H13NO4/c10-8(11)1-5-4-12-6-2-9-3-7(6)13-5/h5-7,9H,1-4H2,(H,10,11). The molecule has 2 N–H and O–H groups in total. The van der Waals surface area contributed by atoms with Crippen molar-refractivity contribution >= 4 is 5.97 Å². The summed E-state index contributed by atoms with van der Waals surface area (Å²) in [6.45, 7) is 1.97. The van der Waals surface area contributed by atoms with Gasteiger partial charge in [0, 0.05) is 13.1 Å². The Hall–Kier alpha value is -0.650. The second kappa shape index (κ2) is 3.61. The zero-order chi connectivity index (χ0) is 9.26. The Morgan fingerprint density at radius 1 is 1.46 bits per heavy atom. The lowest BCUT2D eigenvalue weighted by Gasteiger charge is -2.31. The van der Waals surface area contributed by atoms with Crippen LogP contribution < -0.4 is 5.32 Å². The van der Waals surface area contributed by atoms with Crippen molar-refractivity contribution in [3.63, 3.8) is 0 Å². The third-order valence-electron chi connectivity index (χ3n) is 2.37. The molecule has 0 bridgehead atoms. The normalized spacial score (nSPS) is 38.6. The topological polar surface area (TPSA) is 67.8 Å². The number of carboxylic acid groups (broad SMARTS) is 1. The largest absolute Gasteiger partial charge is 0.481 e. The molecule has 0 saturated carbocycles. The van der Waals surface area contributed by atoms with Crippen molar-refractivity contribution in [1.29, 1.82) is 0 Å². The van der Waals surface area contributed by atoms with Gasteiger partial charge in [-0.15, -0.1) is 0 Å². The molecule has 2 rings (SSSR count). The first-order valence-corrected chi connectivity index (χ1v) is 4.45. The van der Waals surface area contributed by atoms with Crippen molar-refractivity contribution in [2.45, 2.75) is 24.7 Å². The molecule has 3 atom stereocenters. The van der Waals surface area contributed by atoms with E-state index in [-0.39, 0.29) is 24.7 Å². The highest BCUT2D eigenvalue weighted by Crippen LogP contribution is 2.19. The molecule has 0 aliphatic carbocycles. The number of fused-ring (bicyclic) bond motifs is 1. The van der Waals surface area contributed by atoms with Crippen molar-refractivity contribution in [3.05, 3.63) is 0 Å². The highest BCUT2D eigenvalue weighted by Gasteiger charge is 2.36. The Bertz CT molecular complexity index is 208. The second-order valence-corrected chi connectivity index (χ2v) is 3.42. The van der Waals surface area contributed by atoms with Crippen molar-refractivity contribution in [2.75, 3.05) is 19.7 Å². The first-order chi connectivity index (χ1) is 6.25. The zero-order valence-corrected chi connectivity index (χ0v) is 7.23. The smallest absolute Gasteiger partial charge is 0.306 e. The molecular weight excluding hydrogens is 174 g/mol. The highest BCUT2D eigenvalue weighted by molar-refractivity contribution is 5.67. The van der Waals surface area contributed by atoms with E-state index < -0.39 is 5.97 Å². The maximum Gasteiger partial charge on any atom is 0.306 e. The summed E-state index contributed by atoms with van der Waals surface area (Å²) in [6, 6.07) is 0. The summed E-state index contributed by atoms with van der Waals surface area (Å²) < 4.78 is 11.0. The molecule has 2 heterocycles. The van der Waals surface area contributed by atoms with Gasteiger partial charge in [0.2, 0.25) is 0 Å². The van der Waals surface area contributed by atoms with Gasteiger partial charge >= 0.3 is 5.97 Å². The van der Waals surface area contributed by atoms with Crippen molar-refractivity contribution in [2.24, 2.45) is 0 Å². The minimum atomic E-state index is -0.835. The van der Waals surface area contributed by atoms with Crippen molar-refractivity contribution in [1.82, 2.24) is 5.32 Å². The maximum atomic E-state index is 10.4. The van der Waals surface area contributed by atoms with E-state index in [0.29, 0.717) is 6.61 Å². The van der Waals surface area contributed by atoms with Crippen LogP contribution in [0.2, 0.25) is 0 Å². The number of carbonyl (C=O) groups is 1. The molecule has 13 heavy (non-hydrogen) atoms. The van der Waals surface area contributed by atoms with E-state index in [2.05, 4.69) is 5.32 Å². The quantitative estimate of drug-likeness (QED) is 0.593. The van der Waals surface area contributed by atoms with Crippen LogP contribution in [0.1, 0.15) is 6.42 Å². The molecular formula is C8H13NO4. The van der Waals surface area contributed by atoms with E-state index in [9.17, 15) is 4.79 Å². The van der Waals surface area contributed by atoms with E-state index in [0.717, 1.165) is 13.1 Å². The molecule has 2 aliphatic rings. The van der Waals surface area contributed by atoms with Gasteiger partial charge in [0.05, 0.1) is 31.3 Å². The number of nitrogens with one attached hydrogen (secondary N) is 1. The van der Waals surface area contributed by atoms with Gasteiger partial charge in [0.15, 0.2) is 0 Å². The Labute approximate surface area is 76.0 Å². The Balaban J connectivity index is 1.86. The van der Waals surface area contributed by atoms with Crippen LogP contribution in [0.4, 0.5) is 0 Å². The van der Waals surface area contributed by atoms with Gasteiger partial charge < -0.3 is 19.9 Å². The van der Waals surface area contributed by atoms with Crippen LogP contribution in [0.25, 0.3) is 0 Å². The fourth-order valence-electron chi connectivity index (χ4n) is 1.75. The molecule has 2 aliphatic heterocycles. The molecule has 5 nitrogen and oxygen atoms in total. The van der Waals surface area contributed by atoms with Gasteiger partial charge in [-0.25, -0.2) is 0 Å². The summed E-state index contributed by atoms with van der Waals surface area (Å²) in [7, 11) is 0. The molecule has 0 radical (unpaired) electrons. The van der Waals surface area contributed by atoms with Gasteiger partial charge in [-0.2, -0.15) is 0 Å². The van der Waals surface area contributed by atoms with Crippen molar-refractivity contribution in [3.8, 4) is 0 Å². The van der Waals surface area contributed by atoms with E-state index in [4.69, 9.17) is 14.6 Å². The fourth-order valence-corrected chi connectivity index (χ4v) is 1.75. The molecule has 3 unspecified atom stereocenters. The third kappa shape index (κ3) is 1.99. The van der Waals surface area contributed by atoms with E-state index in [1.807, 2.05) is 0 Å². The minimum Gasteiger partial charge on any atom is -0.481 e. The molecule has 0 aromatic rings. The van der Waals surface area contributed by atoms with Crippen LogP contribution in [0.5, 0.6) is 0 Å². The molecule has 0 spiro atoms. The second-order valence-electron chi connectivity index (χ2n) is 3.42. The molecule has 0 amide bonds. The Morgan fingerprint density at radius 3 is 3.00 bits per heavy atom. The fraction of sp³-hybridized carbons (Fsp3) is 0.875. The van der Waals surface area contributed by atoms with Gasteiger partial charge in [-0.3, -0.25) is 4.79 Å². The van der Waals surface area contributed by atoms with Crippen LogP contribution in [0, 0.1) is 0 Å². The predicted octanol–water partition coefficient (Wildman–Crippen LogP) is -0.783. The summed E-state index contributed by atoms with van der Waals surface area (Å²) in [6.07, 6.45) is -0.0924. The van der Waals surface area contributed by atoms with Crippen LogP contribution >= 0.6 is 0 Å². The number of rotatable bonds is 2. The molecule has 5 heteroatoms. The van der Waals surface area contributed by atoms with Crippen LogP contribution in [-0.2, 0) is 14.3 Å². The van der Waals surface area contributed by atoms with Gasteiger partial charge in [0.25, 0.3) is 0 Å². The lowest BCUT2D eigenvalue weighted by Crippen LogP contribution is -2.43. The van der Waals surface area contributed by atoms with Gasteiger partial charge in [0.1, 0.15) is 0 Å². The SMILES string of the molecule is O=C(O)CC1COC2CNCC2O1. The number of hydrogen-bond donors (Lipinski definition) is 2. The first kappa shape index (κ1) is 8.93. The van der Waals surface area contributed by atoms with Crippen LogP contribution in [0.3, 0.4) is 0 Å². The first-order valence-electron chi connectivity index (χ1n) is 4.45. The van der Waals surface area contributed by atoms with Gasteiger partial charge in [-0.1, -0.05) is 0 Å². The molecule has 74 valence electrons. The maximum absolute atomic E-state index is 10.4.